The number of halogens is 1. The second-order valence-corrected chi connectivity index (χ2v) is 5.61. The van der Waals surface area contributed by atoms with E-state index in [0.717, 1.165) is 16.6 Å². The van der Waals surface area contributed by atoms with Gasteiger partial charge in [-0.15, -0.1) is 10.2 Å². The average molecular weight is 342 g/mol. The first kappa shape index (κ1) is 13.9. The van der Waals surface area contributed by atoms with Crippen molar-refractivity contribution in [3.63, 3.8) is 0 Å². The molecule has 0 aliphatic carbocycles. The van der Waals surface area contributed by atoms with Gasteiger partial charge in [0, 0.05) is 17.2 Å². The molecule has 0 unspecified atom stereocenters. The lowest BCUT2D eigenvalue weighted by Crippen LogP contribution is -2.13. The number of hydrogen-bond acceptors (Lipinski definition) is 6. The van der Waals surface area contributed by atoms with Crippen LogP contribution in [0.5, 0.6) is 0 Å². The van der Waals surface area contributed by atoms with E-state index in [1.165, 1.54) is 11.3 Å². The smallest absolute Gasteiger partial charge is 0.287 e. The lowest BCUT2D eigenvalue weighted by Gasteiger charge is -2.05. The van der Waals surface area contributed by atoms with Crippen molar-refractivity contribution in [3.05, 3.63) is 27.3 Å². The van der Waals surface area contributed by atoms with Crippen molar-refractivity contribution in [2.75, 3.05) is 17.2 Å². The number of nitrogens with one attached hydrogen (secondary N) is 2. The van der Waals surface area contributed by atoms with Crippen molar-refractivity contribution in [1.29, 1.82) is 0 Å². The third kappa shape index (κ3) is 3.48. The van der Waals surface area contributed by atoms with Crippen LogP contribution in [0.15, 0.2) is 16.7 Å². The number of hydrogen-bond donors (Lipinski definition) is 2. The first-order valence-electron chi connectivity index (χ1n) is 5.61. The van der Waals surface area contributed by atoms with Gasteiger partial charge in [-0.2, -0.15) is 0 Å². The Kier molecular flexibility index (Phi) is 4.43. The quantitative estimate of drug-likeness (QED) is 0.893. The predicted molar refractivity (Wildman–Crippen MR) is 78.7 cm³/mol. The van der Waals surface area contributed by atoms with Crippen molar-refractivity contribution in [2.45, 2.75) is 13.8 Å². The van der Waals surface area contributed by atoms with E-state index >= 15 is 0 Å². The highest BCUT2D eigenvalue weighted by Gasteiger charge is 2.14. The summed E-state index contributed by atoms with van der Waals surface area (Å²) in [6, 6.07) is 1.88. The van der Waals surface area contributed by atoms with Crippen LogP contribution in [-0.2, 0) is 0 Å². The zero-order chi connectivity index (χ0) is 13.8. The summed E-state index contributed by atoms with van der Waals surface area (Å²) >= 11 is 4.54. The van der Waals surface area contributed by atoms with Gasteiger partial charge >= 0.3 is 0 Å². The van der Waals surface area contributed by atoms with Gasteiger partial charge in [0.05, 0.1) is 0 Å². The number of aryl methyl sites for hydroxylation is 1. The second kappa shape index (κ2) is 6.07. The molecule has 0 saturated heterocycles. The van der Waals surface area contributed by atoms with Crippen molar-refractivity contribution < 1.29 is 4.79 Å². The van der Waals surface area contributed by atoms with Crippen LogP contribution in [0, 0.1) is 6.92 Å². The molecule has 2 heterocycles. The summed E-state index contributed by atoms with van der Waals surface area (Å²) in [5.41, 5.74) is 0.874. The van der Waals surface area contributed by atoms with E-state index < -0.39 is 0 Å². The van der Waals surface area contributed by atoms with E-state index in [1.54, 1.807) is 6.20 Å². The van der Waals surface area contributed by atoms with Gasteiger partial charge < -0.3 is 10.6 Å². The van der Waals surface area contributed by atoms with Crippen LogP contribution >= 0.6 is 27.3 Å². The van der Waals surface area contributed by atoms with Crippen LogP contribution in [0.3, 0.4) is 0 Å². The fourth-order valence-electron chi connectivity index (χ4n) is 1.37. The van der Waals surface area contributed by atoms with Gasteiger partial charge in [-0.05, 0) is 41.4 Å². The molecule has 100 valence electrons. The van der Waals surface area contributed by atoms with E-state index in [1.807, 2.05) is 19.9 Å². The summed E-state index contributed by atoms with van der Waals surface area (Å²) in [5, 5.41) is 14.4. The third-order valence-electron chi connectivity index (χ3n) is 2.22. The van der Waals surface area contributed by atoms with Crippen molar-refractivity contribution in [3.8, 4) is 0 Å². The van der Waals surface area contributed by atoms with Crippen LogP contribution in [0.2, 0.25) is 0 Å². The highest BCUT2D eigenvalue weighted by Crippen LogP contribution is 2.19. The molecule has 2 aromatic rings. The molecule has 2 rings (SSSR count). The fraction of sp³-hybridized carbons (Fsp3) is 0.273. The summed E-state index contributed by atoms with van der Waals surface area (Å²) in [6.07, 6.45) is 1.63. The van der Waals surface area contributed by atoms with Crippen LogP contribution in [0.25, 0.3) is 0 Å². The van der Waals surface area contributed by atoms with Gasteiger partial charge in [-0.3, -0.25) is 4.79 Å². The van der Waals surface area contributed by atoms with Crippen LogP contribution in [0.1, 0.15) is 22.3 Å². The number of carbonyl (C=O) groups is 1. The highest BCUT2D eigenvalue weighted by molar-refractivity contribution is 9.10. The molecule has 19 heavy (non-hydrogen) atoms. The number of aromatic nitrogens is 3. The zero-order valence-corrected chi connectivity index (χ0v) is 12.8. The van der Waals surface area contributed by atoms with E-state index in [-0.39, 0.29) is 5.91 Å². The zero-order valence-electron chi connectivity index (χ0n) is 10.4. The van der Waals surface area contributed by atoms with Gasteiger partial charge in [-0.25, -0.2) is 4.98 Å². The Morgan fingerprint density at radius 2 is 2.26 bits per heavy atom. The Bertz CT molecular complexity index is 601. The molecule has 0 saturated carbocycles. The van der Waals surface area contributed by atoms with Crippen LogP contribution in [0.4, 0.5) is 10.9 Å². The normalized spacial score (nSPS) is 10.3. The standard InChI is InChI=1S/C11H12BrN5OS/c1-3-13-11-17-16-10(19-11)9(18)15-8-6(2)4-7(12)5-14-8/h4-5H,3H2,1-2H3,(H,13,17)(H,14,15,18). The van der Waals surface area contributed by atoms with Gasteiger partial charge in [0.2, 0.25) is 10.1 Å². The number of anilines is 2. The van der Waals surface area contributed by atoms with Crippen LogP contribution in [-0.4, -0.2) is 27.6 Å². The molecule has 0 fully saturated rings. The third-order valence-corrected chi connectivity index (χ3v) is 3.54. The van der Waals surface area contributed by atoms with Crippen molar-refractivity contribution >= 4 is 44.1 Å². The summed E-state index contributed by atoms with van der Waals surface area (Å²) in [7, 11) is 0. The molecule has 0 aliphatic heterocycles. The lowest BCUT2D eigenvalue weighted by atomic mass is 10.3. The Morgan fingerprint density at radius 1 is 1.47 bits per heavy atom. The van der Waals surface area contributed by atoms with Crippen molar-refractivity contribution in [2.24, 2.45) is 0 Å². The minimum atomic E-state index is -0.306. The summed E-state index contributed by atoms with van der Waals surface area (Å²) in [6.45, 7) is 4.57. The predicted octanol–water partition coefficient (Wildman–Crippen LogP) is 2.69. The maximum atomic E-state index is 12.0. The maximum absolute atomic E-state index is 12.0. The van der Waals surface area contributed by atoms with Crippen LogP contribution < -0.4 is 10.6 Å². The maximum Gasteiger partial charge on any atom is 0.287 e. The topological polar surface area (TPSA) is 79.8 Å². The van der Waals surface area contributed by atoms with E-state index in [9.17, 15) is 4.79 Å². The monoisotopic (exact) mass is 341 g/mol. The Hall–Kier alpha value is -1.54. The number of amides is 1. The lowest BCUT2D eigenvalue weighted by molar-refractivity contribution is 0.102. The minimum absolute atomic E-state index is 0.306. The molecule has 1 amide bonds. The van der Waals surface area contributed by atoms with Crippen molar-refractivity contribution in [1.82, 2.24) is 15.2 Å². The summed E-state index contributed by atoms with van der Waals surface area (Å²) in [4.78, 5) is 16.1. The van der Waals surface area contributed by atoms with Gasteiger partial charge in [0.1, 0.15) is 5.82 Å². The van der Waals surface area contributed by atoms with Gasteiger partial charge in [-0.1, -0.05) is 11.3 Å². The molecule has 0 spiro atoms. The van der Waals surface area contributed by atoms with E-state index in [4.69, 9.17) is 0 Å². The molecule has 0 radical (unpaired) electrons. The minimum Gasteiger partial charge on any atom is -0.360 e. The summed E-state index contributed by atoms with van der Waals surface area (Å²) < 4.78 is 0.869. The number of nitrogens with zero attached hydrogens (tertiary/aromatic N) is 3. The molecule has 8 heteroatoms. The Morgan fingerprint density at radius 3 is 2.95 bits per heavy atom. The van der Waals surface area contributed by atoms with E-state index in [2.05, 4.69) is 41.7 Å². The molecular formula is C11H12BrN5OS. The fourth-order valence-corrected chi connectivity index (χ4v) is 2.52. The van der Waals surface area contributed by atoms with Gasteiger partial charge in [0.25, 0.3) is 5.91 Å². The molecular weight excluding hydrogens is 330 g/mol. The average Bonchev–Trinajstić information content (AvgIpc) is 2.82. The molecule has 0 aliphatic rings. The largest absolute Gasteiger partial charge is 0.360 e. The van der Waals surface area contributed by atoms with Gasteiger partial charge in [0.15, 0.2) is 0 Å². The molecule has 2 aromatic heterocycles. The summed E-state index contributed by atoms with van der Waals surface area (Å²) in [5.74, 6) is 0.216. The SMILES string of the molecule is CCNc1nnc(C(=O)Nc2ncc(Br)cc2C)s1. The Balaban J connectivity index is 2.11. The first-order chi connectivity index (χ1) is 9.10. The molecule has 0 bridgehead atoms. The molecule has 0 aromatic carbocycles. The molecule has 0 atom stereocenters. The number of pyridine rings is 1. The molecule has 6 nitrogen and oxygen atoms in total. The second-order valence-electron chi connectivity index (χ2n) is 3.72. The Labute approximate surface area is 122 Å². The first-order valence-corrected chi connectivity index (χ1v) is 7.22. The molecule has 2 N–H and O–H groups in total. The highest BCUT2D eigenvalue weighted by atomic mass is 79.9. The van der Waals surface area contributed by atoms with E-state index in [0.29, 0.717) is 16.0 Å². The number of carbonyl (C=O) groups excluding carboxylic acids is 1. The number of rotatable bonds is 4.